The van der Waals surface area contributed by atoms with E-state index in [0.717, 1.165) is 23.3 Å². The van der Waals surface area contributed by atoms with Crippen LogP contribution >= 0.6 is 0 Å². The molecule has 0 N–H and O–H groups in total. The zero-order valence-electron chi connectivity index (χ0n) is 10.7. The molecule has 2 aromatic rings. The molecule has 3 rings (SSSR count). The molecule has 1 heterocycles. The van der Waals surface area contributed by atoms with Crippen molar-refractivity contribution in [3.63, 3.8) is 0 Å². The van der Waals surface area contributed by atoms with Crippen molar-refractivity contribution in [2.24, 2.45) is 0 Å². The Labute approximate surface area is 108 Å². The minimum absolute atomic E-state index is 0.941. The first-order valence-corrected chi connectivity index (χ1v) is 6.17. The van der Waals surface area contributed by atoms with Crippen molar-refractivity contribution in [3.8, 4) is 0 Å². The minimum atomic E-state index is 0.941. The van der Waals surface area contributed by atoms with Crippen LogP contribution in [0.2, 0.25) is 0 Å². The van der Waals surface area contributed by atoms with Crippen LogP contribution in [0.5, 0.6) is 0 Å². The summed E-state index contributed by atoms with van der Waals surface area (Å²) in [5.74, 6) is 0. The molecule has 0 saturated heterocycles. The lowest BCUT2D eigenvalue weighted by molar-refractivity contribution is 1.54. The molecule has 86 valence electrons. The van der Waals surface area contributed by atoms with Gasteiger partial charge in [-0.1, -0.05) is 66.6 Å². The maximum atomic E-state index is 4.26. The van der Waals surface area contributed by atoms with Crippen molar-refractivity contribution >= 4 is 42.7 Å². The average Bonchev–Trinajstić information content (AvgIpc) is 2.81. The largest absolute Gasteiger partial charge is 0.194 e. The third kappa shape index (κ3) is 1.40. The van der Waals surface area contributed by atoms with Gasteiger partial charge in [0.2, 0.25) is 0 Å². The second kappa shape index (κ2) is 3.74. The first-order chi connectivity index (χ1) is 8.59. The molecule has 1 aliphatic rings. The first kappa shape index (κ1) is 11.1. The molecular formula is C17H15B. The van der Waals surface area contributed by atoms with Gasteiger partial charge in [-0.2, -0.15) is 0 Å². The molecule has 18 heavy (non-hydrogen) atoms. The minimum Gasteiger partial charge on any atom is -0.0966 e. The van der Waals surface area contributed by atoms with Gasteiger partial charge in [0, 0.05) is 0 Å². The van der Waals surface area contributed by atoms with E-state index in [2.05, 4.69) is 57.0 Å². The molecule has 0 atom stereocenters. The van der Waals surface area contributed by atoms with Crippen LogP contribution in [0.3, 0.4) is 0 Å². The highest BCUT2D eigenvalue weighted by atomic mass is 14.1. The van der Waals surface area contributed by atoms with Crippen LogP contribution in [0.25, 0.3) is 30.0 Å². The second-order valence-corrected chi connectivity index (χ2v) is 5.02. The summed E-state index contributed by atoms with van der Waals surface area (Å²) in [6, 6.07) is 8.37. The lowest BCUT2D eigenvalue weighted by atomic mass is 9.64. The summed E-state index contributed by atoms with van der Waals surface area (Å²) in [5, 5.41) is 4.68. The Bertz CT molecular complexity index is 810. The molecule has 0 saturated carbocycles. The maximum absolute atomic E-state index is 4.26. The summed E-state index contributed by atoms with van der Waals surface area (Å²) in [6.07, 6.45) is 2.22. The SMILES string of the molecule is C=C(C)C1=Cc2c(c(=C)c3ccccc3c2=C)B1. The number of rotatable bonds is 1. The fourth-order valence-electron chi connectivity index (χ4n) is 2.73. The summed E-state index contributed by atoms with van der Waals surface area (Å²) in [4.78, 5) is 0. The molecule has 0 aromatic heterocycles. The van der Waals surface area contributed by atoms with Gasteiger partial charge in [0.05, 0.1) is 0 Å². The summed E-state index contributed by atoms with van der Waals surface area (Å²) in [6.45, 7) is 14.6. The van der Waals surface area contributed by atoms with Crippen molar-refractivity contribution in [1.82, 2.24) is 0 Å². The van der Waals surface area contributed by atoms with E-state index in [1.807, 2.05) is 0 Å². The summed E-state index contributed by atoms with van der Waals surface area (Å²) >= 11 is 0. The van der Waals surface area contributed by atoms with Crippen LogP contribution in [-0.2, 0) is 0 Å². The fraction of sp³-hybridized carbons (Fsp3) is 0.0588. The Balaban J connectivity index is 2.44. The lowest BCUT2D eigenvalue weighted by Crippen LogP contribution is -2.35. The van der Waals surface area contributed by atoms with E-state index in [-0.39, 0.29) is 0 Å². The highest BCUT2D eigenvalue weighted by molar-refractivity contribution is 6.66. The van der Waals surface area contributed by atoms with Gasteiger partial charge in [0.15, 0.2) is 7.28 Å². The van der Waals surface area contributed by atoms with Crippen LogP contribution < -0.4 is 15.9 Å². The van der Waals surface area contributed by atoms with Gasteiger partial charge in [-0.15, -0.1) is 0 Å². The molecule has 0 radical (unpaired) electrons. The number of benzene rings is 2. The van der Waals surface area contributed by atoms with Crippen molar-refractivity contribution < 1.29 is 0 Å². The van der Waals surface area contributed by atoms with Gasteiger partial charge in [-0.3, -0.25) is 0 Å². The highest BCUT2D eigenvalue weighted by Gasteiger charge is 2.18. The quantitative estimate of drug-likeness (QED) is 0.653. The molecule has 0 fully saturated rings. The van der Waals surface area contributed by atoms with Crippen molar-refractivity contribution in [1.29, 1.82) is 0 Å². The zero-order chi connectivity index (χ0) is 12.9. The summed E-state index contributed by atoms with van der Waals surface area (Å²) in [5.41, 5.74) is 5.00. The van der Waals surface area contributed by atoms with E-state index in [0.29, 0.717) is 0 Å². The van der Waals surface area contributed by atoms with Crippen LogP contribution in [0.15, 0.2) is 41.9 Å². The molecule has 0 nitrogen and oxygen atoms in total. The number of hydrogen-bond donors (Lipinski definition) is 0. The molecule has 0 amide bonds. The molecular weight excluding hydrogens is 215 g/mol. The molecule has 0 bridgehead atoms. The molecule has 1 aliphatic heterocycles. The van der Waals surface area contributed by atoms with E-state index in [1.54, 1.807) is 0 Å². The molecule has 1 heteroatoms. The smallest absolute Gasteiger partial charge is 0.0966 e. The number of hydrogen-bond acceptors (Lipinski definition) is 0. The van der Waals surface area contributed by atoms with Gasteiger partial charge in [0.25, 0.3) is 0 Å². The van der Waals surface area contributed by atoms with Gasteiger partial charge < -0.3 is 0 Å². The maximum Gasteiger partial charge on any atom is 0.194 e. The third-order valence-electron chi connectivity index (χ3n) is 3.83. The predicted molar refractivity (Wildman–Crippen MR) is 83.8 cm³/mol. The first-order valence-electron chi connectivity index (χ1n) is 6.17. The third-order valence-corrected chi connectivity index (χ3v) is 3.83. The Morgan fingerprint density at radius 1 is 1.06 bits per heavy atom. The molecule has 0 unspecified atom stereocenters. The van der Waals surface area contributed by atoms with Crippen LogP contribution in [0.1, 0.15) is 12.5 Å². The van der Waals surface area contributed by atoms with Crippen LogP contribution in [-0.4, -0.2) is 7.28 Å². The normalized spacial score (nSPS) is 13.1. The Hall–Kier alpha value is -2.02. The van der Waals surface area contributed by atoms with E-state index in [4.69, 9.17) is 0 Å². The van der Waals surface area contributed by atoms with Gasteiger partial charge in [-0.05, 0) is 33.7 Å². The van der Waals surface area contributed by atoms with Crippen molar-refractivity contribution in [2.75, 3.05) is 0 Å². The average molecular weight is 230 g/mol. The summed E-state index contributed by atoms with van der Waals surface area (Å²) in [7, 11) is 0.941. The molecule has 0 spiro atoms. The number of allylic oxidation sites excluding steroid dienone is 2. The van der Waals surface area contributed by atoms with E-state index in [1.165, 1.54) is 27.3 Å². The number of fused-ring (bicyclic) bond motifs is 2. The van der Waals surface area contributed by atoms with Crippen molar-refractivity contribution in [2.45, 2.75) is 6.92 Å². The van der Waals surface area contributed by atoms with Gasteiger partial charge in [-0.25, -0.2) is 0 Å². The zero-order valence-corrected chi connectivity index (χ0v) is 10.7. The Kier molecular flexibility index (Phi) is 2.31. The van der Waals surface area contributed by atoms with Gasteiger partial charge >= 0.3 is 0 Å². The Morgan fingerprint density at radius 3 is 2.28 bits per heavy atom. The van der Waals surface area contributed by atoms with Crippen LogP contribution in [0.4, 0.5) is 0 Å². The van der Waals surface area contributed by atoms with Gasteiger partial charge in [0.1, 0.15) is 0 Å². The highest BCUT2D eigenvalue weighted by Crippen LogP contribution is 2.16. The molecule has 0 aliphatic carbocycles. The van der Waals surface area contributed by atoms with E-state index in [9.17, 15) is 0 Å². The Morgan fingerprint density at radius 2 is 1.67 bits per heavy atom. The van der Waals surface area contributed by atoms with E-state index >= 15 is 0 Å². The molecule has 2 aromatic carbocycles. The monoisotopic (exact) mass is 230 g/mol. The van der Waals surface area contributed by atoms with Crippen molar-refractivity contribution in [3.05, 3.63) is 57.9 Å². The lowest BCUT2D eigenvalue weighted by Gasteiger charge is -2.06. The fourth-order valence-corrected chi connectivity index (χ4v) is 2.73. The topological polar surface area (TPSA) is 0 Å². The standard InChI is InChI=1S/C17H15B/c1-10(2)16-9-15-11(3)13-7-5-6-8-14(13)12(4)17(15)18-16/h5-9,18H,1,3-4H2,2H3. The predicted octanol–water partition coefficient (Wildman–Crippen LogP) is 1.65. The second-order valence-electron chi connectivity index (χ2n) is 5.02. The van der Waals surface area contributed by atoms with Crippen LogP contribution in [0, 0.1) is 0 Å². The summed E-state index contributed by atoms with van der Waals surface area (Å²) < 4.78 is 0. The van der Waals surface area contributed by atoms with E-state index < -0.39 is 0 Å².